The molecule has 27 heavy (non-hydrogen) atoms. The molecule has 4 rings (SSSR count). The topological polar surface area (TPSA) is 41.2 Å². The number of hydrogen-bond donors (Lipinski definition) is 1. The molecule has 0 aliphatic heterocycles. The van der Waals surface area contributed by atoms with Crippen LogP contribution in [0.4, 0.5) is 0 Å². The van der Waals surface area contributed by atoms with Gasteiger partial charge in [-0.15, -0.1) is 0 Å². The van der Waals surface area contributed by atoms with E-state index < -0.39 is 5.97 Å². The van der Waals surface area contributed by atoms with Crippen molar-refractivity contribution in [3.8, 4) is 11.1 Å². The van der Waals surface area contributed by atoms with E-state index in [9.17, 15) is 9.90 Å². The van der Waals surface area contributed by atoms with Crippen molar-refractivity contribution in [3.63, 3.8) is 0 Å². The Hall–Kier alpha value is -2.72. The molecule has 1 heterocycles. The Kier molecular flexibility index (Phi) is 4.23. The third kappa shape index (κ3) is 2.72. The molecule has 4 heteroatoms. The standard InChI is InChI=1S/C23H18BrNO2/c1-13-9-10-16-18(11-13)25(3)22-17(24)12-14(2)19(15-7-5-4-6-8-15)21(22)20(16)23(26)27/h4-12H,1-3H3/p+1. The molecule has 0 aliphatic carbocycles. The lowest BCUT2D eigenvalue weighted by Gasteiger charge is -2.15. The highest BCUT2D eigenvalue weighted by atomic mass is 79.9. The average Bonchev–Trinajstić information content (AvgIpc) is 2.62. The van der Waals surface area contributed by atoms with Gasteiger partial charge in [-0.25, -0.2) is 4.79 Å². The quantitative estimate of drug-likeness (QED) is 0.340. The number of halogens is 1. The van der Waals surface area contributed by atoms with E-state index >= 15 is 0 Å². The fourth-order valence-electron chi connectivity index (χ4n) is 3.92. The lowest BCUT2D eigenvalue weighted by atomic mass is 9.91. The summed E-state index contributed by atoms with van der Waals surface area (Å²) in [5.41, 5.74) is 6.25. The molecule has 0 atom stereocenters. The Morgan fingerprint density at radius 1 is 1.04 bits per heavy atom. The third-order valence-corrected chi connectivity index (χ3v) is 5.70. The van der Waals surface area contributed by atoms with Crippen molar-refractivity contribution in [3.05, 3.63) is 75.8 Å². The van der Waals surface area contributed by atoms with Crippen LogP contribution in [0.25, 0.3) is 32.9 Å². The minimum absolute atomic E-state index is 0.348. The van der Waals surface area contributed by atoms with Gasteiger partial charge in [-0.2, -0.15) is 4.57 Å². The van der Waals surface area contributed by atoms with Crippen molar-refractivity contribution in [1.82, 2.24) is 0 Å². The van der Waals surface area contributed by atoms with Crippen molar-refractivity contribution in [1.29, 1.82) is 0 Å². The van der Waals surface area contributed by atoms with Crippen LogP contribution in [0.2, 0.25) is 0 Å². The SMILES string of the molecule is Cc1ccc2c(C(=O)O)c3c(-c4ccccc4)c(C)cc(Br)c3[n+](C)c2c1. The normalized spacial score (nSPS) is 11.3. The zero-order valence-corrected chi connectivity index (χ0v) is 17.0. The van der Waals surface area contributed by atoms with Crippen LogP contribution in [0.1, 0.15) is 21.5 Å². The molecule has 1 aromatic heterocycles. The molecule has 0 radical (unpaired) electrons. The summed E-state index contributed by atoms with van der Waals surface area (Å²) >= 11 is 3.68. The molecule has 0 unspecified atom stereocenters. The highest BCUT2D eigenvalue weighted by molar-refractivity contribution is 9.10. The number of hydrogen-bond acceptors (Lipinski definition) is 1. The van der Waals surface area contributed by atoms with Crippen molar-refractivity contribution in [2.45, 2.75) is 13.8 Å². The summed E-state index contributed by atoms with van der Waals surface area (Å²) in [6.07, 6.45) is 0. The van der Waals surface area contributed by atoms with Crippen LogP contribution in [0.15, 0.2) is 59.1 Å². The number of aromatic nitrogens is 1. The van der Waals surface area contributed by atoms with Crippen LogP contribution < -0.4 is 4.57 Å². The Labute approximate surface area is 166 Å². The molecule has 0 bridgehead atoms. The van der Waals surface area contributed by atoms with E-state index in [4.69, 9.17) is 0 Å². The number of benzene rings is 3. The molecule has 1 N–H and O–H groups in total. The number of pyridine rings is 1. The van der Waals surface area contributed by atoms with E-state index in [2.05, 4.69) is 26.6 Å². The van der Waals surface area contributed by atoms with Crippen LogP contribution >= 0.6 is 15.9 Å². The summed E-state index contributed by atoms with van der Waals surface area (Å²) < 4.78 is 2.98. The minimum Gasteiger partial charge on any atom is -0.478 e. The third-order valence-electron chi connectivity index (χ3n) is 5.10. The predicted octanol–water partition coefficient (Wildman–Crippen LogP) is 5.56. The van der Waals surface area contributed by atoms with Gasteiger partial charge in [0.25, 0.3) is 0 Å². The smallest absolute Gasteiger partial charge is 0.337 e. The number of rotatable bonds is 2. The average molecular weight is 421 g/mol. The number of nitrogens with zero attached hydrogens (tertiary/aromatic N) is 1. The maximum absolute atomic E-state index is 12.4. The first-order valence-corrected chi connectivity index (χ1v) is 9.53. The van der Waals surface area contributed by atoms with Gasteiger partial charge in [0.1, 0.15) is 7.05 Å². The molecule has 3 nitrogen and oxygen atoms in total. The lowest BCUT2D eigenvalue weighted by Crippen LogP contribution is -2.32. The number of carboxylic acid groups (broad SMARTS) is 1. The van der Waals surface area contributed by atoms with Gasteiger partial charge in [0, 0.05) is 6.07 Å². The molecule has 0 aliphatic rings. The largest absolute Gasteiger partial charge is 0.478 e. The van der Waals surface area contributed by atoms with Gasteiger partial charge in [0.2, 0.25) is 11.0 Å². The lowest BCUT2D eigenvalue weighted by molar-refractivity contribution is -0.618. The van der Waals surface area contributed by atoms with Crippen LogP contribution in [0, 0.1) is 13.8 Å². The van der Waals surface area contributed by atoms with E-state index in [0.717, 1.165) is 48.5 Å². The van der Waals surface area contributed by atoms with Gasteiger partial charge >= 0.3 is 5.97 Å². The van der Waals surface area contributed by atoms with Crippen molar-refractivity contribution in [2.75, 3.05) is 0 Å². The maximum Gasteiger partial charge on any atom is 0.337 e. The summed E-state index contributed by atoms with van der Waals surface area (Å²) in [5.74, 6) is -0.913. The van der Waals surface area contributed by atoms with Gasteiger partial charge in [0.15, 0.2) is 0 Å². The number of carbonyl (C=O) groups is 1. The second-order valence-corrected chi connectivity index (χ2v) is 7.75. The van der Waals surface area contributed by atoms with Crippen LogP contribution in [-0.2, 0) is 7.05 Å². The van der Waals surface area contributed by atoms with E-state index in [0.29, 0.717) is 5.56 Å². The van der Waals surface area contributed by atoms with E-state index in [-0.39, 0.29) is 0 Å². The number of carboxylic acids is 1. The van der Waals surface area contributed by atoms with Gasteiger partial charge in [-0.1, -0.05) is 36.4 Å². The summed E-state index contributed by atoms with van der Waals surface area (Å²) in [6, 6.07) is 18.0. The van der Waals surface area contributed by atoms with Gasteiger partial charge in [-0.3, -0.25) is 0 Å². The molecule has 3 aromatic carbocycles. The van der Waals surface area contributed by atoms with Gasteiger partial charge in [-0.05, 0) is 64.2 Å². The van der Waals surface area contributed by atoms with Crippen LogP contribution in [0.5, 0.6) is 0 Å². The van der Waals surface area contributed by atoms with Gasteiger partial charge in [0.05, 0.1) is 20.8 Å². The summed E-state index contributed by atoms with van der Waals surface area (Å²) in [6.45, 7) is 4.04. The molecular formula is C23H19BrNO2+. The van der Waals surface area contributed by atoms with Gasteiger partial charge < -0.3 is 5.11 Å². The molecular weight excluding hydrogens is 402 g/mol. The Balaban J connectivity index is 2.36. The Morgan fingerprint density at radius 3 is 2.41 bits per heavy atom. The zero-order chi connectivity index (χ0) is 19.3. The summed E-state index contributed by atoms with van der Waals surface area (Å²) in [5, 5.41) is 11.7. The zero-order valence-electron chi connectivity index (χ0n) is 15.4. The van der Waals surface area contributed by atoms with Crippen molar-refractivity contribution >= 4 is 43.7 Å². The van der Waals surface area contributed by atoms with E-state index in [1.807, 2.05) is 69.4 Å². The highest BCUT2D eigenvalue weighted by Gasteiger charge is 2.28. The second-order valence-electron chi connectivity index (χ2n) is 6.90. The molecule has 0 saturated carbocycles. The number of aryl methyl sites for hydroxylation is 3. The van der Waals surface area contributed by atoms with E-state index in [1.165, 1.54) is 0 Å². The Morgan fingerprint density at radius 2 is 1.74 bits per heavy atom. The van der Waals surface area contributed by atoms with E-state index in [1.54, 1.807) is 0 Å². The number of fused-ring (bicyclic) bond motifs is 2. The fourth-order valence-corrected chi connectivity index (χ4v) is 4.73. The van der Waals surface area contributed by atoms with Crippen molar-refractivity contribution in [2.24, 2.45) is 7.05 Å². The molecule has 0 amide bonds. The molecule has 4 aromatic rings. The molecule has 0 fully saturated rings. The first kappa shape index (κ1) is 17.7. The highest BCUT2D eigenvalue weighted by Crippen LogP contribution is 2.39. The predicted molar refractivity (Wildman–Crippen MR) is 112 cm³/mol. The van der Waals surface area contributed by atoms with Crippen LogP contribution in [0.3, 0.4) is 0 Å². The summed E-state index contributed by atoms with van der Waals surface area (Å²) in [7, 11) is 1.99. The number of aromatic carboxylic acids is 1. The maximum atomic E-state index is 12.4. The molecule has 0 saturated heterocycles. The van der Waals surface area contributed by atoms with Crippen molar-refractivity contribution < 1.29 is 14.5 Å². The summed E-state index contributed by atoms with van der Waals surface area (Å²) in [4.78, 5) is 12.4. The minimum atomic E-state index is -0.913. The Bertz CT molecular complexity index is 1230. The molecule has 134 valence electrons. The van der Waals surface area contributed by atoms with Crippen LogP contribution in [-0.4, -0.2) is 11.1 Å². The molecule has 0 spiro atoms. The second kappa shape index (κ2) is 6.46. The first-order valence-electron chi connectivity index (χ1n) is 8.74. The monoisotopic (exact) mass is 420 g/mol. The fraction of sp³-hybridized carbons (Fsp3) is 0.130. The first-order chi connectivity index (χ1) is 12.9.